The molecule has 6 heteroatoms. The van der Waals surface area contributed by atoms with Gasteiger partial charge in [-0.1, -0.05) is 18.2 Å². The van der Waals surface area contributed by atoms with Gasteiger partial charge in [0.2, 0.25) is 0 Å². The number of ether oxygens (including phenoxy) is 1. The molecule has 3 rings (SSSR count). The number of anilines is 1. The maximum Gasteiger partial charge on any atom is 0.310 e. The summed E-state index contributed by atoms with van der Waals surface area (Å²) in [4.78, 5) is 38.2. The number of aryl methyl sites for hydroxylation is 2. The zero-order valence-corrected chi connectivity index (χ0v) is 17.6. The first-order valence-corrected chi connectivity index (χ1v) is 10.5. The van der Waals surface area contributed by atoms with Gasteiger partial charge in [0.15, 0.2) is 6.61 Å². The van der Waals surface area contributed by atoms with Crippen LogP contribution in [0.4, 0.5) is 5.69 Å². The van der Waals surface area contributed by atoms with Crippen molar-refractivity contribution in [2.45, 2.75) is 39.5 Å². The summed E-state index contributed by atoms with van der Waals surface area (Å²) in [6.45, 7) is 4.81. The van der Waals surface area contributed by atoms with Crippen molar-refractivity contribution in [1.82, 2.24) is 4.90 Å². The standard InChI is InChI=1S/C24H28N2O4/c1-3-26(4-2)24(29)19-10-12-21(13-11-19)25-22(27)16-30-23(28)15-17-8-9-18-6-5-7-20(18)14-17/h8-14H,3-7,15-16H2,1-2H3,(H,25,27). The molecule has 2 amide bonds. The lowest BCUT2D eigenvalue weighted by Crippen LogP contribution is -2.30. The number of nitrogens with one attached hydrogen (secondary N) is 1. The Morgan fingerprint density at radius 1 is 0.967 bits per heavy atom. The van der Waals surface area contributed by atoms with Crippen molar-refractivity contribution in [2.24, 2.45) is 0 Å². The molecule has 0 unspecified atom stereocenters. The highest BCUT2D eigenvalue weighted by atomic mass is 16.5. The molecular formula is C24H28N2O4. The number of fused-ring (bicyclic) bond motifs is 1. The lowest BCUT2D eigenvalue weighted by atomic mass is 10.0. The fourth-order valence-corrected chi connectivity index (χ4v) is 3.69. The highest BCUT2D eigenvalue weighted by Crippen LogP contribution is 2.23. The number of hydrogen-bond acceptors (Lipinski definition) is 4. The molecule has 0 fully saturated rings. The molecular weight excluding hydrogens is 380 g/mol. The SMILES string of the molecule is CCN(CC)C(=O)c1ccc(NC(=O)COC(=O)Cc2ccc3c(c2)CCC3)cc1. The predicted molar refractivity (Wildman–Crippen MR) is 115 cm³/mol. The third-order valence-electron chi connectivity index (χ3n) is 5.34. The van der Waals surface area contributed by atoms with Crippen LogP contribution in [0, 0.1) is 0 Å². The minimum Gasteiger partial charge on any atom is -0.455 e. The van der Waals surface area contributed by atoms with Gasteiger partial charge in [-0.05, 0) is 74.1 Å². The molecule has 0 saturated heterocycles. The number of hydrogen-bond donors (Lipinski definition) is 1. The topological polar surface area (TPSA) is 75.7 Å². The van der Waals surface area contributed by atoms with Crippen LogP contribution in [0.3, 0.4) is 0 Å². The van der Waals surface area contributed by atoms with Gasteiger partial charge in [-0.2, -0.15) is 0 Å². The van der Waals surface area contributed by atoms with Crippen molar-refractivity contribution in [2.75, 3.05) is 25.0 Å². The largest absolute Gasteiger partial charge is 0.455 e. The van der Waals surface area contributed by atoms with E-state index in [1.807, 2.05) is 19.9 Å². The molecule has 2 aromatic carbocycles. The van der Waals surface area contributed by atoms with Crippen molar-refractivity contribution in [3.63, 3.8) is 0 Å². The molecule has 0 aromatic heterocycles. The van der Waals surface area contributed by atoms with Crippen molar-refractivity contribution in [3.05, 3.63) is 64.7 Å². The van der Waals surface area contributed by atoms with Gasteiger partial charge in [0.25, 0.3) is 11.8 Å². The fraction of sp³-hybridized carbons (Fsp3) is 0.375. The predicted octanol–water partition coefficient (Wildman–Crippen LogP) is 3.38. The van der Waals surface area contributed by atoms with Crippen LogP contribution >= 0.6 is 0 Å². The number of carbonyl (C=O) groups excluding carboxylic acids is 3. The van der Waals surface area contributed by atoms with Crippen LogP contribution in [0.25, 0.3) is 0 Å². The van der Waals surface area contributed by atoms with E-state index in [4.69, 9.17) is 4.74 Å². The van der Waals surface area contributed by atoms with Crippen LogP contribution in [-0.2, 0) is 33.6 Å². The molecule has 0 bridgehead atoms. The maximum atomic E-state index is 12.3. The van der Waals surface area contributed by atoms with Crippen molar-refractivity contribution in [3.8, 4) is 0 Å². The maximum absolute atomic E-state index is 12.3. The number of nitrogens with zero attached hydrogens (tertiary/aromatic N) is 1. The van der Waals surface area contributed by atoms with Crippen LogP contribution in [0.2, 0.25) is 0 Å². The minimum absolute atomic E-state index is 0.0432. The summed E-state index contributed by atoms with van der Waals surface area (Å²) in [5.41, 5.74) is 4.69. The van der Waals surface area contributed by atoms with Gasteiger partial charge >= 0.3 is 5.97 Å². The average Bonchev–Trinajstić information content (AvgIpc) is 3.21. The summed E-state index contributed by atoms with van der Waals surface area (Å²) in [6.07, 6.45) is 3.47. The number of amides is 2. The summed E-state index contributed by atoms with van der Waals surface area (Å²) >= 11 is 0. The van der Waals surface area contributed by atoms with E-state index in [-0.39, 0.29) is 18.9 Å². The molecule has 0 spiro atoms. The van der Waals surface area contributed by atoms with Crippen LogP contribution in [-0.4, -0.2) is 42.4 Å². The van der Waals surface area contributed by atoms with E-state index in [0.717, 1.165) is 24.8 Å². The first-order chi connectivity index (χ1) is 14.5. The summed E-state index contributed by atoms with van der Waals surface area (Å²) in [5, 5.41) is 2.68. The van der Waals surface area contributed by atoms with E-state index in [9.17, 15) is 14.4 Å². The number of esters is 1. The fourth-order valence-electron chi connectivity index (χ4n) is 3.69. The second-order valence-electron chi connectivity index (χ2n) is 7.40. The summed E-state index contributed by atoms with van der Waals surface area (Å²) in [7, 11) is 0. The van der Waals surface area contributed by atoms with Gasteiger partial charge in [0, 0.05) is 24.3 Å². The van der Waals surface area contributed by atoms with Gasteiger partial charge in [0.05, 0.1) is 6.42 Å². The normalized spacial score (nSPS) is 12.2. The molecule has 0 radical (unpaired) electrons. The third kappa shape index (κ3) is 5.47. The lowest BCUT2D eigenvalue weighted by Gasteiger charge is -2.18. The molecule has 0 saturated carbocycles. The third-order valence-corrected chi connectivity index (χ3v) is 5.34. The molecule has 1 aliphatic rings. The Kier molecular flexibility index (Phi) is 7.22. The van der Waals surface area contributed by atoms with E-state index in [2.05, 4.69) is 17.4 Å². The van der Waals surface area contributed by atoms with E-state index in [1.54, 1.807) is 29.2 Å². The lowest BCUT2D eigenvalue weighted by molar-refractivity contribution is -0.146. The molecule has 2 aromatic rings. The van der Waals surface area contributed by atoms with Crippen molar-refractivity contribution in [1.29, 1.82) is 0 Å². The Balaban J connectivity index is 1.46. The zero-order chi connectivity index (χ0) is 21.5. The highest BCUT2D eigenvalue weighted by Gasteiger charge is 2.15. The van der Waals surface area contributed by atoms with Crippen LogP contribution < -0.4 is 5.32 Å². The van der Waals surface area contributed by atoms with Gasteiger partial charge in [-0.15, -0.1) is 0 Å². The quantitative estimate of drug-likeness (QED) is 0.680. The second kappa shape index (κ2) is 10.1. The van der Waals surface area contributed by atoms with Crippen LogP contribution in [0.1, 0.15) is 47.3 Å². The molecule has 0 aliphatic heterocycles. The van der Waals surface area contributed by atoms with Gasteiger partial charge in [-0.25, -0.2) is 0 Å². The molecule has 0 atom stereocenters. The molecule has 30 heavy (non-hydrogen) atoms. The molecule has 0 heterocycles. The van der Waals surface area contributed by atoms with Crippen molar-refractivity contribution < 1.29 is 19.1 Å². The number of carbonyl (C=O) groups is 3. The van der Waals surface area contributed by atoms with E-state index < -0.39 is 11.9 Å². The molecule has 158 valence electrons. The number of benzene rings is 2. The van der Waals surface area contributed by atoms with Crippen molar-refractivity contribution >= 4 is 23.5 Å². The first kappa shape index (κ1) is 21.6. The Bertz CT molecular complexity index is 917. The Morgan fingerprint density at radius 3 is 2.37 bits per heavy atom. The van der Waals surface area contributed by atoms with E-state index >= 15 is 0 Å². The van der Waals surface area contributed by atoms with E-state index in [0.29, 0.717) is 24.3 Å². The minimum atomic E-state index is -0.428. The van der Waals surface area contributed by atoms with Gasteiger partial charge < -0.3 is 15.0 Å². The molecule has 1 N–H and O–H groups in total. The van der Waals surface area contributed by atoms with E-state index in [1.165, 1.54) is 11.1 Å². The van der Waals surface area contributed by atoms with Gasteiger partial charge in [0.1, 0.15) is 0 Å². The molecule has 6 nitrogen and oxygen atoms in total. The summed E-state index contributed by atoms with van der Waals surface area (Å²) in [5.74, 6) is -0.887. The second-order valence-corrected chi connectivity index (χ2v) is 7.40. The van der Waals surface area contributed by atoms with Gasteiger partial charge in [-0.3, -0.25) is 14.4 Å². The number of rotatable bonds is 8. The zero-order valence-electron chi connectivity index (χ0n) is 17.6. The molecule has 1 aliphatic carbocycles. The van der Waals surface area contributed by atoms with Crippen LogP contribution in [0.5, 0.6) is 0 Å². The Hall–Kier alpha value is -3.15. The first-order valence-electron chi connectivity index (χ1n) is 10.5. The summed E-state index contributed by atoms with van der Waals surface area (Å²) in [6, 6.07) is 12.8. The smallest absolute Gasteiger partial charge is 0.310 e. The van der Waals surface area contributed by atoms with Crippen LogP contribution in [0.15, 0.2) is 42.5 Å². The Morgan fingerprint density at radius 2 is 1.67 bits per heavy atom. The summed E-state index contributed by atoms with van der Waals surface area (Å²) < 4.78 is 5.11. The Labute approximate surface area is 177 Å². The monoisotopic (exact) mass is 408 g/mol. The highest BCUT2D eigenvalue weighted by molar-refractivity contribution is 5.96. The average molecular weight is 408 g/mol.